The Balaban J connectivity index is 0.00000113. The molecule has 2 aliphatic carbocycles. The number of benzene rings is 2. The molecule has 0 saturated heterocycles. The number of fused-ring (bicyclic) bond motifs is 3. The van der Waals surface area contributed by atoms with Crippen LogP contribution in [0.3, 0.4) is 0 Å². The van der Waals surface area contributed by atoms with Crippen molar-refractivity contribution >= 4 is 12.1 Å². The molecule has 4 rings (SSSR count). The van der Waals surface area contributed by atoms with Crippen LogP contribution in [0.2, 0.25) is 0 Å². The molecule has 0 spiro atoms. The average molecular weight is 448 g/mol. The Morgan fingerprint density at radius 3 is 2.48 bits per heavy atom. The molecule has 2 aromatic rings. The largest absolute Gasteiger partial charge is 1.00 e. The van der Waals surface area contributed by atoms with Crippen molar-refractivity contribution in [2.75, 3.05) is 0 Å². The molecule has 0 amide bonds. The summed E-state index contributed by atoms with van der Waals surface area (Å²) in [5.74, 6) is 0. The predicted octanol–water partition coefficient (Wildman–Crippen LogP) is -1.16. The minimum atomic E-state index is -0.671. The van der Waals surface area contributed by atoms with Crippen LogP contribution < -0.4 is 28.1 Å². The van der Waals surface area contributed by atoms with Gasteiger partial charge in [0.15, 0.2) is 0 Å². The third kappa shape index (κ3) is 3.70. The van der Waals surface area contributed by atoms with Crippen molar-refractivity contribution in [1.29, 1.82) is 0 Å². The first-order chi connectivity index (χ1) is 11.1. The van der Waals surface area contributed by atoms with Crippen LogP contribution in [0.25, 0.3) is 16.7 Å². The fraction of sp³-hybridized carbons (Fsp3) is 0.227. The van der Waals surface area contributed by atoms with E-state index >= 15 is 0 Å². The van der Waals surface area contributed by atoms with Crippen molar-refractivity contribution in [3.8, 4) is 11.1 Å². The summed E-state index contributed by atoms with van der Waals surface area (Å²) in [6, 6.07) is 11.4. The van der Waals surface area contributed by atoms with Gasteiger partial charge in [-0.2, -0.15) is 0 Å². The van der Waals surface area contributed by atoms with Crippen LogP contribution in [0.4, 0.5) is 0 Å². The molecule has 2 aliphatic rings. The Kier molecular flexibility index (Phi) is 6.82. The van der Waals surface area contributed by atoms with E-state index in [1.807, 2.05) is 0 Å². The molecule has 0 aliphatic heterocycles. The van der Waals surface area contributed by atoms with Crippen LogP contribution in [0.1, 0.15) is 42.5 Å². The number of rotatable bonds is 2. The molecular formula is C22H21Cl2Zr. The van der Waals surface area contributed by atoms with E-state index in [1.54, 1.807) is 17.6 Å². The van der Waals surface area contributed by atoms with Gasteiger partial charge < -0.3 is 24.8 Å². The Bertz CT molecular complexity index is 900. The molecular weight excluding hydrogens is 426 g/mol. The zero-order valence-corrected chi connectivity index (χ0v) is 18.8. The molecule has 0 heterocycles. The molecule has 0 N–H and O–H groups in total. The van der Waals surface area contributed by atoms with E-state index in [-0.39, 0.29) is 24.8 Å². The molecule has 0 radical (unpaired) electrons. The van der Waals surface area contributed by atoms with Crippen molar-refractivity contribution in [3.05, 3.63) is 70.8 Å². The fourth-order valence-electron chi connectivity index (χ4n) is 3.84. The minimum absolute atomic E-state index is 0. The summed E-state index contributed by atoms with van der Waals surface area (Å²) < 4.78 is 3.39. The van der Waals surface area contributed by atoms with E-state index in [4.69, 9.17) is 0 Å². The summed E-state index contributed by atoms with van der Waals surface area (Å²) in [4.78, 5) is 0. The molecule has 2 aromatic carbocycles. The van der Waals surface area contributed by atoms with E-state index in [0.29, 0.717) is 0 Å². The van der Waals surface area contributed by atoms with Gasteiger partial charge in [0.25, 0.3) is 0 Å². The van der Waals surface area contributed by atoms with Gasteiger partial charge in [-0.15, -0.1) is 0 Å². The van der Waals surface area contributed by atoms with Gasteiger partial charge in [-0.25, -0.2) is 0 Å². The molecule has 3 heteroatoms. The normalized spacial score (nSPS) is 13.2. The van der Waals surface area contributed by atoms with Gasteiger partial charge in [0.05, 0.1) is 0 Å². The van der Waals surface area contributed by atoms with Crippen LogP contribution in [0.15, 0.2) is 48.6 Å². The number of allylic oxidation sites excluding steroid dienone is 4. The second-order valence-corrected chi connectivity index (χ2v) is 11.1. The summed E-state index contributed by atoms with van der Waals surface area (Å²) >= 11 is -0.671. The smallest absolute Gasteiger partial charge is 1.00 e. The molecule has 0 bridgehead atoms. The minimum Gasteiger partial charge on any atom is -1.00 e. The standard InChI is InChI=1S/C19H15.C3H6.2ClH.Zr/c1-13-10-19-16(11-15-8-4-5-9-17(15)19)12-18(13)14-6-2-3-7-14;1-3-2;;;/h2-6,8-10H,7,11H2,1H3;1-2H3;2*1H;/q;;;;+2/p-2. The average Bonchev–Trinajstić information content (AvgIpc) is 3.14. The predicted molar refractivity (Wildman–Crippen MR) is 97.1 cm³/mol. The van der Waals surface area contributed by atoms with Crippen LogP contribution in [0.5, 0.6) is 0 Å². The Morgan fingerprint density at radius 2 is 1.80 bits per heavy atom. The van der Waals surface area contributed by atoms with E-state index in [2.05, 4.69) is 69.3 Å². The number of hydrogen-bond acceptors (Lipinski definition) is 0. The quantitative estimate of drug-likeness (QED) is 0.465. The van der Waals surface area contributed by atoms with Crippen LogP contribution >= 0.6 is 0 Å². The van der Waals surface area contributed by atoms with Crippen molar-refractivity contribution in [1.82, 2.24) is 0 Å². The summed E-state index contributed by atoms with van der Waals surface area (Å²) in [6.45, 7) is 6.96. The van der Waals surface area contributed by atoms with Crippen molar-refractivity contribution in [2.24, 2.45) is 0 Å². The molecule has 0 aromatic heterocycles. The second-order valence-electron chi connectivity index (χ2n) is 6.75. The third-order valence-corrected chi connectivity index (χ3v) is 7.97. The van der Waals surface area contributed by atoms with Gasteiger partial charge in [-0.3, -0.25) is 0 Å². The summed E-state index contributed by atoms with van der Waals surface area (Å²) in [7, 11) is 0. The van der Waals surface area contributed by atoms with Gasteiger partial charge in [-0.05, 0) is 0 Å². The van der Waals surface area contributed by atoms with Gasteiger partial charge in [0.1, 0.15) is 0 Å². The van der Waals surface area contributed by atoms with E-state index in [1.165, 1.54) is 27.8 Å². The molecule has 0 nitrogen and oxygen atoms in total. The molecule has 0 atom stereocenters. The fourth-order valence-corrected chi connectivity index (χ4v) is 7.18. The molecule has 0 saturated carbocycles. The first kappa shape index (κ1) is 20.6. The van der Waals surface area contributed by atoms with Gasteiger partial charge in [0.2, 0.25) is 0 Å². The molecule has 25 heavy (non-hydrogen) atoms. The number of halogens is 2. The SMILES string of the molecule is C[C](C)=[Zr+2][c]1c2c(cc(C)c1C1=CC=CC1)-c1ccccc1C2.[Cl-].[Cl-]. The third-order valence-electron chi connectivity index (χ3n) is 4.77. The Hall–Kier alpha value is -0.747. The molecule has 0 fully saturated rings. The van der Waals surface area contributed by atoms with Crippen LogP contribution in [-0.4, -0.2) is 3.21 Å². The van der Waals surface area contributed by atoms with Gasteiger partial charge in [0, 0.05) is 0 Å². The van der Waals surface area contributed by atoms with Gasteiger partial charge >= 0.3 is 150 Å². The molecule has 0 unspecified atom stereocenters. The molecule has 127 valence electrons. The summed E-state index contributed by atoms with van der Waals surface area (Å²) in [5.41, 5.74) is 10.7. The van der Waals surface area contributed by atoms with E-state index in [9.17, 15) is 0 Å². The van der Waals surface area contributed by atoms with Gasteiger partial charge in [-0.1, -0.05) is 0 Å². The van der Waals surface area contributed by atoms with E-state index in [0.717, 1.165) is 12.8 Å². The maximum Gasteiger partial charge on any atom is -1.00 e. The van der Waals surface area contributed by atoms with Crippen molar-refractivity contribution < 1.29 is 47.6 Å². The van der Waals surface area contributed by atoms with E-state index < -0.39 is 22.8 Å². The topological polar surface area (TPSA) is 0 Å². The number of hydrogen-bond donors (Lipinski definition) is 0. The van der Waals surface area contributed by atoms with Crippen LogP contribution in [0, 0.1) is 6.92 Å². The first-order valence-electron chi connectivity index (χ1n) is 8.33. The summed E-state index contributed by atoms with van der Waals surface area (Å²) in [6.07, 6.45) is 9.05. The second kappa shape index (κ2) is 8.30. The van der Waals surface area contributed by atoms with Crippen molar-refractivity contribution in [3.63, 3.8) is 0 Å². The maximum atomic E-state index is 2.45. The summed E-state index contributed by atoms with van der Waals surface area (Å²) in [5, 5.41) is 0. The zero-order chi connectivity index (χ0) is 16.0. The Labute approximate surface area is 174 Å². The van der Waals surface area contributed by atoms with Crippen molar-refractivity contribution in [2.45, 2.75) is 33.6 Å². The number of aryl methyl sites for hydroxylation is 1. The zero-order valence-electron chi connectivity index (χ0n) is 14.8. The van der Waals surface area contributed by atoms with Crippen LogP contribution in [-0.2, 0) is 29.2 Å². The Morgan fingerprint density at radius 1 is 1.04 bits per heavy atom. The first-order valence-corrected chi connectivity index (χ1v) is 10.8. The monoisotopic (exact) mass is 445 g/mol. The maximum absolute atomic E-state index is 2.45.